The number of hydrogen-bond donors (Lipinski definition) is 2. The lowest BCUT2D eigenvalue weighted by Gasteiger charge is -2.05. The fraction of sp³-hybridized carbons (Fsp3) is 0.0909. The Morgan fingerprint density at radius 2 is 2.26 bits per heavy atom. The zero-order chi connectivity index (χ0) is 14.0. The smallest absolute Gasteiger partial charge is 0.292 e. The van der Waals surface area contributed by atoms with Crippen LogP contribution in [0, 0.1) is 22.9 Å². The van der Waals surface area contributed by atoms with Crippen LogP contribution in [0.4, 0.5) is 15.8 Å². The zero-order valence-electron chi connectivity index (χ0n) is 9.81. The maximum Gasteiger partial charge on any atom is 0.292 e. The molecule has 7 nitrogen and oxygen atoms in total. The highest BCUT2D eigenvalue weighted by Crippen LogP contribution is 2.25. The first-order valence-corrected chi connectivity index (χ1v) is 5.24. The molecule has 8 heteroatoms. The molecule has 0 aliphatic heterocycles. The molecule has 0 radical (unpaired) electrons. The molecule has 98 valence electrons. The Bertz CT molecular complexity index is 653. The first kappa shape index (κ1) is 12.7. The van der Waals surface area contributed by atoms with E-state index in [1.165, 1.54) is 6.20 Å². The fourth-order valence-corrected chi connectivity index (χ4v) is 1.54. The summed E-state index contributed by atoms with van der Waals surface area (Å²) in [5.41, 5.74) is 0.168. The Morgan fingerprint density at radius 3 is 2.84 bits per heavy atom. The molecule has 0 atom stereocenters. The number of carbonyl (C=O) groups is 1. The van der Waals surface area contributed by atoms with Crippen LogP contribution < -0.4 is 5.32 Å². The van der Waals surface area contributed by atoms with Gasteiger partial charge in [0.2, 0.25) is 0 Å². The minimum atomic E-state index is -0.697. The van der Waals surface area contributed by atoms with E-state index in [1.807, 2.05) is 0 Å². The quantitative estimate of drug-likeness (QED) is 0.654. The van der Waals surface area contributed by atoms with Crippen LogP contribution in [0.1, 0.15) is 16.1 Å². The maximum atomic E-state index is 13.1. The average Bonchev–Trinajstić information content (AvgIpc) is 2.75. The molecule has 0 spiro atoms. The van der Waals surface area contributed by atoms with E-state index in [4.69, 9.17) is 0 Å². The lowest BCUT2D eigenvalue weighted by Crippen LogP contribution is -2.13. The number of rotatable bonds is 3. The summed E-state index contributed by atoms with van der Waals surface area (Å²) in [5, 5.41) is 19.3. The third kappa shape index (κ3) is 2.57. The molecular weight excluding hydrogens is 255 g/mol. The van der Waals surface area contributed by atoms with Crippen LogP contribution in [0.3, 0.4) is 0 Å². The lowest BCUT2D eigenvalue weighted by molar-refractivity contribution is -0.384. The van der Waals surface area contributed by atoms with Crippen molar-refractivity contribution in [3.8, 4) is 0 Å². The second-order valence-corrected chi connectivity index (χ2v) is 3.78. The number of benzene rings is 1. The van der Waals surface area contributed by atoms with E-state index in [0.717, 1.165) is 18.2 Å². The first-order chi connectivity index (χ1) is 8.99. The van der Waals surface area contributed by atoms with Crippen LogP contribution in [0.15, 0.2) is 24.4 Å². The van der Waals surface area contributed by atoms with Crippen molar-refractivity contribution >= 4 is 17.3 Å². The number of aryl methyl sites for hydroxylation is 1. The minimum absolute atomic E-state index is 0.199. The molecule has 2 rings (SSSR count). The number of amides is 1. The monoisotopic (exact) mass is 264 g/mol. The van der Waals surface area contributed by atoms with E-state index in [-0.39, 0.29) is 16.9 Å². The Labute approximate surface area is 106 Å². The van der Waals surface area contributed by atoms with E-state index < -0.39 is 16.6 Å². The molecule has 1 heterocycles. The molecule has 1 amide bonds. The van der Waals surface area contributed by atoms with Gasteiger partial charge >= 0.3 is 0 Å². The molecule has 19 heavy (non-hydrogen) atoms. The standard InChI is InChI=1S/C11H9FN4O3/c1-6-8(5-13-15-6)11(17)14-9-4-7(12)2-3-10(9)16(18)19/h2-5H,1H3,(H,13,15)(H,14,17). The van der Waals surface area contributed by atoms with Gasteiger partial charge in [-0.05, 0) is 13.0 Å². The third-order valence-electron chi connectivity index (χ3n) is 2.48. The van der Waals surface area contributed by atoms with Crippen molar-refractivity contribution in [2.75, 3.05) is 5.32 Å². The molecule has 0 saturated carbocycles. The second-order valence-electron chi connectivity index (χ2n) is 3.78. The van der Waals surface area contributed by atoms with Crippen molar-refractivity contribution in [1.29, 1.82) is 0 Å². The Hall–Kier alpha value is -2.77. The summed E-state index contributed by atoms with van der Waals surface area (Å²) in [5.74, 6) is -1.27. The summed E-state index contributed by atoms with van der Waals surface area (Å²) < 4.78 is 13.1. The summed E-state index contributed by atoms with van der Waals surface area (Å²) in [4.78, 5) is 22.0. The molecule has 1 aromatic heterocycles. The SMILES string of the molecule is Cc1[nH]ncc1C(=O)Nc1cc(F)ccc1[N+](=O)[O-]. The molecule has 0 aliphatic rings. The maximum absolute atomic E-state index is 13.1. The number of aromatic nitrogens is 2. The molecular formula is C11H9FN4O3. The Balaban J connectivity index is 2.33. The van der Waals surface area contributed by atoms with E-state index in [9.17, 15) is 19.3 Å². The van der Waals surface area contributed by atoms with Crippen molar-refractivity contribution in [3.63, 3.8) is 0 Å². The highest BCUT2D eigenvalue weighted by Gasteiger charge is 2.18. The predicted octanol–water partition coefficient (Wildman–Crippen LogP) is 2.02. The number of nitro groups is 1. The van der Waals surface area contributed by atoms with Gasteiger partial charge in [-0.3, -0.25) is 20.0 Å². The molecule has 2 aromatic rings. The number of nitro benzene ring substituents is 1. The van der Waals surface area contributed by atoms with Crippen LogP contribution in [0.2, 0.25) is 0 Å². The van der Waals surface area contributed by atoms with Gasteiger partial charge in [0.05, 0.1) is 16.7 Å². The number of H-pyrrole nitrogens is 1. The van der Waals surface area contributed by atoms with Gasteiger partial charge in [0.25, 0.3) is 11.6 Å². The molecule has 2 N–H and O–H groups in total. The molecule has 0 unspecified atom stereocenters. The topological polar surface area (TPSA) is 101 Å². The predicted molar refractivity (Wildman–Crippen MR) is 64.3 cm³/mol. The van der Waals surface area contributed by atoms with Crippen molar-refractivity contribution in [3.05, 3.63) is 51.6 Å². The van der Waals surface area contributed by atoms with E-state index in [1.54, 1.807) is 6.92 Å². The van der Waals surface area contributed by atoms with Crippen LogP contribution >= 0.6 is 0 Å². The Morgan fingerprint density at radius 1 is 1.53 bits per heavy atom. The highest BCUT2D eigenvalue weighted by molar-refractivity contribution is 6.05. The van der Waals surface area contributed by atoms with Gasteiger partial charge in [-0.15, -0.1) is 0 Å². The van der Waals surface area contributed by atoms with Gasteiger partial charge in [-0.2, -0.15) is 5.10 Å². The molecule has 0 bridgehead atoms. The van der Waals surface area contributed by atoms with E-state index >= 15 is 0 Å². The molecule has 1 aromatic carbocycles. The second kappa shape index (κ2) is 4.84. The zero-order valence-corrected chi connectivity index (χ0v) is 9.81. The van der Waals surface area contributed by atoms with Crippen molar-refractivity contribution in [2.45, 2.75) is 6.92 Å². The van der Waals surface area contributed by atoms with Crippen LogP contribution in [0.25, 0.3) is 0 Å². The summed E-state index contributed by atoms with van der Waals surface area (Å²) in [6, 6.07) is 2.84. The van der Waals surface area contributed by atoms with Gasteiger partial charge < -0.3 is 5.32 Å². The Kier molecular flexibility index (Phi) is 3.23. The lowest BCUT2D eigenvalue weighted by atomic mass is 10.2. The van der Waals surface area contributed by atoms with Crippen molar-refractivity contribution in [1.82, 2.24) is 10.2 Å². The highest BCUT2D eigenvalue weighted by atomic mass is 19.1. The number of nitrogens with zero attached hydrogens (tertiary/aromatic N) is 2. The average molecular weight is 264 g/mol. The molecule has 0 saturated heterocycles. The molecule has 0 fully saturated rings. The van der Waals surface area contributed by atoms with Gasteiger partial charge in [0.15, 0.2) is 0 Å². The number of anilines is 1. The normalized spacial score (nSPS) is 10.2. The first-order valence-electron chi connectivity index (χ1n) is 5.24. The van der Waals surface area contributed by atoms with Gasteiger partial charge in [0.1, 0.15) is 11.5 Å². The van der Waals surface area contributed by atoms with Crippen LogP contribution in [0.5, 0.6) is 0 Å². The number of carbonyl (C=O) groups excluding carboxylic acids is 1. The summed E-state index contributed by atoms with van der Waals surface area (Å²) >= 11 is 0. The summed E-state index contributed by atoms with van der Waals surface area (Å²) in [7, 11) is 0. The van der Waals surface area contributed by atoms with E-state index in [2.05, 4.69) is 15.5 Å². The fourth-order valence-electron chi connectivity index (χ4n) is 1.54. The van der Waals surface area contributed by atoms with Crippen LogP contribution in [-0.4, -0.2) is 21.0 Å². The van der Waals surface area contributed by atoms with Gasteiger partial charge in [0, 0.05) is 17.8 Å². The third-order valence-corrected chi connectivity index (χ3v) is 2.48. The van der Waals surface area contributed by atoms with Gasteiger partial charge in [-0.25, -0.2) is 4.39 Å². The molecule has 0 aliphatic carbocycles. The largest absolute Gasteiger partial charge is 0.316 e. The summed E-state index contributed by atoms with van der Waals surface area (Å²) in [6.45, 7) is 1.63. The van der Waals surface area contributed by atoms with E-state index in [0.29, 0.717) is 5.69 Å². The van der Waals surface area contributed by atoms with Crippen LogP contribution in [-0.2, 0) is 0 Å². The number of halogens is 1. The van der Waals surface area contributed by atoms with Crippen molar-refractivity contribution < 1.29 is 14.1 Å². The number of nitrogens with one attached hydrogen (secondary N) is 2. The van der Waals surface area contributed by atoms with Crippen molar-refractivity contribution in [2.24, 2.45) is 0 Å². The van der Waals surface area contributed by atoms with Gasteiger partial charge in [-0.1, -0.05) is 0 Å². The summed E-state index contributed by atoms with van der Waals surface area (Å²) in [6.07, 6.45) is 1.29. The minimum Gasteiger partial charge on any atom is -0.316 e. The number of hydrogen-bond acceptors (Lipinski definition) is 4. The number of aromatic amines is 1.